The lowest BCUT2D eigenvalue weighted by atomic mass is 9.70. The molecule has 1 heterocycles. The Balaban J connectivity index is 1.55. The van der Waals surface area contributed by atoms with Crippen molar-refractivity contribution in [1.82, 2.24) is 10.7 Å². The molecule has 0 radical (unpaired) electrons. The number of carbonyl (C=O) groups excluding carboxylic acids is 2. The number of furan rings is 1. The molecule has 3 rings (SSSR count). The minimum atomic E-state index is -0.411. The van der Waals surface area contributed by atoms with Crippen LogP contribution in [0.5, 0.6) is 0 Å². The second-order valence-corrected chi connectivity index (χ2v) is 7.25. The summed E-state index contributed by atoms with van der Waals surface area (Å²) >= 11 is 0. The van der Waals surface area contributed by atoms with Gasteiger partial charge in [-0.3, -0.25) is 9.59 Å². The van der Waals surface area contributed by atoms with Crippen LogP contribution in [0, 0.1) is 16.7 Å². The number of carbonyl (C=O) groups is 2. The molecular weight excluding hydrogens is 294 g/mol. The normalized spacial score (nSPS) is 29.7. The van der Waals surface area contributed by atoms with Gasteiger partial charge in [-0.25, -0.2) is 5.43 Å². The van der Waals surface area contributed by atoms with Crippen LogP contribution < -0.4 is 10.7 Å². The first-order valence-corrected chi connectivity index (χ1v) is 8.02. The lowest BCUT2D eigenvalue weighted by Gasteiger charge is -2.34. The van der Waals surface area contributed by atoms with Crippen molar-refractivity contribution in [1.29, 1.82) is 0 Å². The molecular formula is C17H23N3O3. The average molecular weight is 317 g/mol. The van der Waals surface area contributed by atoms with E-state index in [4.69, 9.17) is 4.42 Å². The maximum absolute atomic E-state index is 11.9. The van der Waals surface area contributed by atoms with Crippen molar-refractivity contribution in [2.75, 3.05) is 6.54 Å². The summed E-state index contributed by atoms with van der Waals surface area (Å²) < 4.78 is 4.97. The summed E-state index contributed by atoms with van der Waals surface area (Å²) in [6.45, 7) is 6.70. The van der Waals surface area contributed by atoms with E-state index in [1.165, 1.54) is 12.7 Å². The van der Waals surface area contributed by atoms with Gasteiger partial charge in [0.25, 0.3) is 11.8 Å². The maximum Gasteiger partial charge on any atom is 0.287 e. The molecule has 0 saturated heterocycles. The number of rotatable bonds is 4. The third-order valence-corrected chi connectivity index (χ3v) is 5.98. The summed E-state index contributed by atoms with van der Waals surface area (Å²) in [4.78, 5) is 23.6. The van der Waals surface area contributed by atoms with Crippen LogP contribution in [0.1, 0.15) is 50.6 Å². The summed E-state index contributed by atoms with van der Waals surface area (Å²) in [7, 11) is 0. The van der Waals surface area contributed by atoms with Crippen LogP contribution in [0.2, 0.25) is 0 Å². The van der Waals surface area contributed by atoms with E-state index in [2.05, 4.69) is 36.6 Å². The number of hydrogen-bond acceptors (Lipinski definition) is 4. The van der Waals surface area contributed by atoms with Crippen molar-refractivity contribution in [2.24, 2.45) is 21.8 Å². The Morgan fingerprint density at radius 3 is 2.74 bits per heavy atom. The molecule has 0 unspecified atom stereocenters. The summed E-state index contributed by atoms with van der Waals surface area (Å²) in [5.41, 5.74) is 3.93. The molecule has 6 heteroatoms. The largest absolute Gasteiger partial charge is 0.459 e. The third kappa shape index (κ3) is 2.56. The van der Waals surface area contributed by atoms with Crippen molar-refractivity contribution >= 4 is 17.5 Å². The van der Waals surface area contributed by atoms with Crippen LogP contribution in [-0.2, 0) is 4.79 Å². The molecule has 1 aromatic rings. The Labute approximate surface area is 135 Å². The Morgan fingerprint density at radius 2 is 2.17 bits per heavy atom. The molecule has 2 amide bonds. The van der Waals surface area contributed by atoms with Gasteiger partial charge in [0.1, 0.15) is 0 Å². The quantitative estimate of drug-likeness (QED) is 0.836. The van der Waals surface area contributed by atoms with Gasteiger partial charge in [0.15, 0.2) is 5.76 Å². The van der Waals surface area contributed by atoms with Gasteiger partial charge in [0, 0.05) is 11.1 Å². The number of fused-ring (bicyclic) bond motifs is 2. The highest BCUT2D eigenvalue weighted by Gasteiger charge is 2.59. The minimum Gasteiger partial charge on any atom is -0.459 e. The zero-order chi connectivity index (χ0) is 16.7. The molecule has 0 aromatic carbocycles. The molecule has 2 aliphatic rings. The Hall–Kier alpha value is -2.11. The lowest BCUT2D eigenvalue weighted by molar-refractivity contribution is -0.120. The fraction of sp³-hybridized carbons (Fsp3) is 0.588. The van der Waals surface area contributed by atoms with Crippen LogP contribution in [-0.4, -0.2) is 24.1 Å². The monoisotopic (exact) mass is 317 g/mol. The molecule has 2 bridgehead atoms. The molecule has 2 saturated carbocycles. The van der Waals surface area contributed by atoms with E-state index in [0.29, 0.717) is 5.92 Å². The minimum absolute atomic E-state index is 0.0579. The molecule has 0 aliphatic heterocycles. The summed E-state index contributed by atoms with van der Waals surface area (Å²) in [5, 5.41) is 6.86. The molecule has 2 atom stereocenters. The van der Waals surface area contributed by atoms with E-state index < -0.39 is 5.91 Å². The van der Waals surface area contributed by atoms with Crippen molar-refractivity contribution in [3.05, 3.63) is 24.2 Å². The zero-order valence-electron chi connectivity index (χ0n) is 13.8. The van der Waals surface area contributed by atoms with Gasteiger partial charge in [-0.1, -0.05) is 20.8 Å². The fourth-order valence-electron chi connectivity index (χ4n) is 3.92. The van der Waals surface area contributed by atoms with Gasteiger partial charge in [-0.15, -0.1) is 0 Å². The van der Waals surface area contributed by atoms with Crippen LogP contribution in [0.15, 0.2) is 27.9 Å². The van der Waals surface area contributed by atoms with Gasteiger partial charge in [0.05, 0.1) is 12.8 Å². The molecule has 0 spiro atoms. The number of nitrogens with zero attached hydrogens (tertiary/aromatic N) is 1. The SMILES string of the molecule is CC1(C)[C@H]2CC[C@]1(C)/C(=N/NC(=O)CNC(=O)c1ccco1)C2. The number of amides is 2. The van der Waals surface area contributed by atoms with Gasteiger partial charge in [0.2, 0.25) is 0 Å². The molecule has 2 fully saturated rings. The highest BCUT2D eigenvalue weighted by molar-refractivity contribution is 5.96. The molecule has 2 N–H and O–H groups in total. The standard InChI is InChI=1S/C17H23N3O3/c1-16(2)11-6-7-17(16,3)13(9-11)19-20-14(21)10-18-15(22)12-5-4-8-23-12/h4-5,8,11H,6-7,9-10H2,1-3H3,(H,18,22)(H,20,21)/b19-13+/t11-,17+/m0/s1. The predicted molar refractivity (Wildman–Crippen MR) is 85.8 cm³/mol. The van der Waals surface area contributed by atoms with E-state index in [0.717, 1.165) is 18.6 Å². The number of hydrazone groups is 1. The van der Waals surface area contributed by atoms with Crippen molar-refractivity contribution in [2.45, 2.75) is 40.0 Å². The first kappa shape index (κ1) is 15.8. The predicted octanol–water partition coefficient (Wildman–Crippen LogP) is 2.33. The Morgan fingerprint density at radius 1 is 1.39 bits per heavy atom. The molecule has 23 heavy (non-hydrogen) atoms. The lowest BCUT2D eigenvalue weighted by Crippen LogP contribution is -2.37. The van der Waals surface area contributed by atoms with Gasteiger partial charge in [-0.05, 0) is 42.7 Å². The Bertz CT molecular complexity index is 648. The van der Waals surface area contributed by atoms with Gasteiger partial charge < -0.3 is 9.73 Å². The first-order valence-electron chi connectivity index (χ1n) is 8.02. The van der Waals surface area contributed by atoms with E-state index in [1.54, 1.807) is 12.1 Å². The molecule has 6 nitrogen and oxygen atoms in total. The Kier molecular flexibility index (Phi) is 3.78. The third-order valence-electron chi connectivity index (χ3n) is 5.98. The van der Waals surface area contributed by atoms with E-state index >= 15 is 0 Å². The summed E-state index contributed by atoms with van der Waals surface area (Å²) in [5.74, 6) is 0.0840. The molecule has 124 valence electrons. The van der Waals surface area contributed by atoms with Crippen LogP contribution in [0.3, 0.4) is 0 Å². The van der Waals surface area contributed by atoms with Crippen LogP contribution in [0.4, 0.5) is 0 Å². The summed E-state index contributed by atoms with van der Waals surface area (Å²) in [6, 6.07) is 3.17. The van der Waals surface area contributed by atoms with Crippen LogP contribution in [0.25, 0.3) is 0 Å². The second-order valence-electron chi connectivity index (χ2n) is 7.25. The van der Waals surface area contributed by atoms with Gasteiger partial charge in [-0.2, -0.15) is 5.10 Å². The van der Waals surface area contributed by atoms with Crippen molar-refractivity contribution in [3.63, 3.8) is 0 Å². The maximum atomic E-state index is 11.9. The first-order chi connectivity index (χ1) is 10.8. The topological polar surface area (TPSA) is 83.7 Å². The van der Waals surface area contributed by atoms with E-state index in [9.17, 15) is 9.59 Å². The average Bonchev–Trinajstić information content (AvgIpc) is 3.16. The highest BCUT2D eigenvalue weighted by Crippen LogP contribution is 2.63. The van der Waals surface area contributed by atoms with Crippen molar-refractivity contribution < 1.29 is 14.0 Å². The van der Waals surface area contributed by atoms with Crippen LogP contribution >= 0.6 is 0 Å². The van der Waals surface area contributed by atoms with Crippen molar-refractivity contribution in [3.8, 4) is 0 Å². The molecule has 2 aliphatic carbocycles. The zero-order valence-corrected chi connectivity index (χ0v) is 13.8. The second kappa shape index (κ2) is 5.51. The smallest absolute Gasteiger partial charge is 0.287 e. The van der Waals surface area contributed by atoms with Gasteiger partial charge >= 0.3 is 0 Å². The van der Waals surface area contributed by atoms with E-state index in [-0.39, 0.29) is 29.0 Å². The summed E-state index contributed by atoms with van der Waals surface area (Å²) in [6.07, 6.45) is 4.71. The highest BCUT2D eigenvalue weighted by atomic mass is 16.3. The van der Waals surface area contributed by atoms with E-state index in [1.807, 2.05) is 0 Å². The molecule has 1 aromatic heterocycles. The number of nitrogens with one attached hydrogen (secondary N) is 2. The number of hydrogen-bond donors (Lipinski definition) is 2. The fourth-order valence-corrected chi connectivity index (χ4v) is 3.92.